The Bertz CT molecular complexity index is 764. The molecule has 2 aromatic rings. The van der Waals surface area contributed by atoms with Gasteiger partial charge >= 0.3 is 0 Å². The van der Waals surface area contributed by atoms with Gasteiger partial charge in [-0.1, -0.05) is 44.4 Å². The number of aromatic nitrogens is 3. The molecule has 2 atom stereocenters. The molecule has 0 saturated heterocycles. The summed E-state index contributed by atoms with van der Waals surface area (Å²) in [5.41, 5.74) is 3.20. The van der Waals surface area contributed by atoms with Gasteiger partial charge in [-0.05, 0) is 37.8 Å². The van der Waals surface area contributed by atoms with E-state index in [2.05, 4.69) is 49.9 Å². The largest absolute Gasteiger partial charge is 0.368 e. The van der Waals surface area contributed by atoms with Crippen LogP contribution in [0.25, 0.3) is 0 Å². The summed E-state index contributed by atoms with van der Waals surface area (Å²) >= 11 is 1.32. The average molecular weight is 404 g/mol. The molecule has 0 fully saturated rings. The third kappa shape index (κ3) is 6.63. The second kappa shape index (κ2) is 11.4. The molecule has 0 aliphatic heterocycles. The Hall–Kier alpha value is -2.42. The molecule has 0 aliphatic rings. The second-order valence-electron chi connectivity index (χ2n) is 6.81. The van der Waals surface area contributed by atoms with Crippen molar-refractivity contribution in [2.75, 3.05) is 17.2 Å². The molecule has 8 nitrogen and oxygen atoms in total. The molecule has 0 bridgehead atoms. The van der Waals surface area contributed by atoms with Gasteiger partial charge in [0.25, 0.3) is 5.13 Å². The quantitative estimate of drug-likeness (QED) is 0.369. The number of pyridine rings is 1. The predicted octanol–water partition coefficient (Wildman–Crippen LogP) is 5.28. The van der Waals surface area contributed by atoms with Crippen molar-refractivity contribution in [2.45, 2.75) is 59.4 Å². The molecular formula is C19H29N7OS. The SMILES string of the molecule is CCCCC(CC)CNc1nc(NC(C)C=O)cc(C)c1N=Nc1nncs1. The van der Waals surface area contributed by atoms with Gasteiger partial charge in [0.05, 0.1) is 6.04 Å². The average Bonchev–Trinajstić information content (AvgIpc) is 3.20. The molecule has 2 unspecified atom stereocenters. The van der Waals surface area contributed by atoms with Crippen LogP contribution in [0.15, 0.2) is 21.8 Å². The first-order valence-electron chi connectivity index (χ1n) is 9.72. The van der Waals surface area contributed by atoms with Crippen LogP contribution in [0.5, 0.6) is 0 Å². The number of carbonyl (C=O) groups is 1. The van der Waals surface area contributed by atoms with Crippen molar-refractivity contribution in [3.63, 3.8) is 0 Å². The zero-order valence-corrected chi connectivity index (χ0v) is 17.8. The third-order valence-electron chi connectivity index (χ3n) is 4.45. The molecular weight excluding hydrogens is 374 g/mol. The van der Waals surface area contributed by atoms with Gasteiger partial charge in [-0.15, -0.1) is 20.4 Å². The number of aldehydes is 1. The lowest BCUT2D eigenvalue weighted by Gasteiger charge is -2.18. The van der Waals surface area contributed by atoms with Crippen LogP contribution >= 0.6 is 11.3 Å². The van der Waals surface area contributed by atoms with Crippen LogP contribution in [0, 0.1) is 12.8 Å². The van der Waals surface area contributed by atoms with Crippen LogP contribution in [-0.4, -0.2) is 34.1 Å². The number of carbonyl (C=O) groups excluding carboxylic acids is 1. The zero-order valence-electron chi connectivity index (χ0n) is 17.0. The smallest absolute Gasteiger partial charge is 0.251 e. The zero-order chi connectivity index (χ0) is 20.4. The van der Waals surface area contributed by atoms with E-state index in [1.54, 1.807) is 12.4 Å². The minimum atomic E-state index is -0.318. The minimum Gasteiger partial charge on any atom is -0.368 e. The van der Waals surface area contributed by atoms with Gasteiger partial charge in [-0.2, -0.15) is 0 Å². The molecule has 2 rings (SSSR count). The van der Waals surface area contributed by atoms with Crippen LogP contribution in [0.2, 0.25) is 0 Å². The Kier molecular flexibility index (Phi) is 8.93. The number of hydrogen-bond acceptors (Lipinski definition) is 9. The molecule has 0 spiro atoms. The van der Waals surface area contributed by atoms with Gasteiger partial charge in [0, 0.05) is 6.54 Å². The van der Waals surface area contributed by atoms with E-state index in [-0.39, 0.29) is 6.04 Å². The lowest BCUT2D eigenvalue weighted by atomic mass is 9.99. The molecule has 2 aromatic heterocycles. The first kappa shape index (κ1) is 21.9. The molecule has 152 valence electrons. The molecule has 0 aliphatic carbocycles. The van der Waals surface area contributed by atoms with Gasteiger partial charge in [0.1, 0.15) is 23.3 Å². The highest BCUT2D eigenvalue weighted by molar-refractivity contribution is 7.13. The standard InChI is InChI=1S/C19H29N7OS/c1-5-7-8-15(6-2)10-20-18-17(24-26-19-25-21-12-28-19)13(3)9-16(23-18)22-14(4)11-27/h9,11-12,14-15H,5-8,10H2,1-4H3,(H2,20,22,23). The molecule has 0 radical (unpaired) electrons. The van der Waals surface area contributed by atoms with Crippen molar-refractivity contribution < 1.29 is 4.79 Å². The third-order valence-corrected chi connectivity index (χ3v) is 5.02. The van der Waals surface area contributed by atoms with Crippen molar-refractivity contribution in [3.05, 3.63) is 17.1 Å². The topological polar surface area (TPSA) is 105 Å². The van der Waals surface area contributed by atoms with E-state index in [1.165, 1.54) is 30.6 Å². The Morgan fingerprint density at radius 1 is 1.32 bits per heavy atom. The van der Waals surface area contributed by atoms with Gasteiger partial charge in [-0.25, -0.2) is 4.98 Å². The molecule has 2 heterocycles. The first-order chi connectivity index (χ1) is 13.6. The monoisotopic (exact) mass is 403 g/mol. The van der Waals surface area contributed by atoms with Crippen LogP contribution in [0.4, 0.5) is 22.5 Å². The maximum Gasteiger partial charge on any atom is 0.251 e. The number of rotatable bonds is 12. The van der Waals surface area contributed by atoms with Crippen molar-refractivity contribution in [1.82, 2.24) is 15.2 Å². The molecule has 0 amide bonds. The van der Waals surface area contributed by atoms with Crippen LogP contribution in [0.1, 0.15) is 52.0 Å². The van der Waals surface area contributed by atoms with E-state index in [0.717, 1.165) is 24.8 Å². The number of anilines is 2. The fourth-order valence-corrected chi connectivity index (χ4v) is 3.12. The Balaban J connectivity index is 2.26. The summed E-state index contributed by atoms with van der Waals surface area (Å²) < 4.78 is 0. The van der Waals surface area contributed by atoms with E-state index >= 15 is 0 Å². The maximum atomic E-state index is 11.0. The van der Waals surface area contributed by atoms with Crippen molar-refractivity contribution >= 4 is 40.1 Å². The van der Waals surface area contributed by atoms with E-state index < -0.39 is 0 Å². The summed E-state index contributed by atoms with van der Waals surface area (Å²) in [5, 5.41) is 23.3. The summed E-state index contributed by atoms with van der Waals surface area (Å²) in [6.45, 7) is 8.97. The minimum absolute atomic E-state index is 0.318. The summed E-state index contributed by atoms with van der Waals surface area (Å²) in [7, 11) is 0. The van der Waals surface area contributed by atoms with Crippen molar-refractivity contribution in [1.29, 1.82) is 0 Å². The molecule has 2 N–H and O–H groups in total. The summed E-state index contributed by atoms with van der Waals surface area (Å²) in [6, 6.07) is 1.55. The first-order valence-corrected chi connectivity index (χ1v) is 10.6. The van der Waals surface area contributed by atoms with E-state index in [9.17, 15) is 4.79 Å². The van der Waals surface area contributed by atoms with E-state index in [1.807, 2.05) is 13.0 Å². The highest BCUT2D eigenvalue weighted by Crippen LogP contribution is 2.32. The highest BCUT2D eigenvalue weighted by Gasteiger charge is 2.14. The van der Waals surface area contributed by atoms with Crippen LogP contribution in [0.3, 0.4) is 0 Å². The number of nitrogens with one attached hydrogen (secondary N) is 2. The van der Waals surface area contributed by atoms with Crippen molar-refractivity contribution in [3.8, 4) is 0 Å². The van der Waals surface area contributed by atoms with Crippen LogP contribution in [-0.2, 0) is 4.79 Å². The maximum absolute atomic E-state index is 11.0. The van der Waals surface area contributed by atoms with Gasteiger partial charge in [0.15, 0.2) is 5.82 Å². The highest BCUT2D eigenvalue weighted by atomic mass is 32.1. The van der Waals surface area contributed by atoms with Gasteiger partial charge < -0.3 is 15.4 Å². The van der Waals surface area contributed by atoms with E-state index in [0.29, 0.717) is 28.4 Å². The predicted molar refractivity (Wildman–Crippen MR) is 114 cm³/mol. The summed E-state index contributed by atoms with van der Waals surface area (Å²) in [6.07, 6.45) is 5.55. The van der Waals surface area contributed by atoms with Crippen molar-refractivity contribution in [2.24, 2.45) is 16.1 Å². The lowest BCUT2D eigenvalue weighted by molar-refractivity contribution is -0.108. The van der Waals surface area contributed by atoms with Gasteiger partial charge in [-0.3, -0.25) is 0 Å². The van der Waals surface area contributed by atoms with E-state index in [4.69, 9.17) is 0 Å². The second-order valence-corrected chi connectivity index (χ2v) is 7.62. The fourth-order valence-electron chi connectivity index (χ4n) is 2.74. The number of unbranched alkanes of at least 4 members (excludes halogenated alkanes) is 1. The lowest BCUT2D eigenvalue weighted by Crippen LogP contribution is -2.19. The summed E-state index contributed by atoms with van der Waals surface area (Å²) in [4.78, 5) is 15.6. The Labute approximate surface area is 170 Å². The number of azo groups is 1. The molecule has 9 heteroatoms. The number of hydrogen-bond donors (Lipinski definition) is 2. The molecule has 0 saturated carbocycles. The van der Waals surface area contributed by atoms with Crippen LogP contribution < -0.4 is 10.6 Å². The Morgan fingerprint density at radius 3 is 2.79 bits per heavy atom. The normalized spacial score (nSPS) is 13.4. The fraction of sp³-hybridized carbons (Fsp3) is 0.579. The number of aryl methyl sites for hydroxylation is 1. The molecule has 0 aromatic carbocycles. The molecule has 28 heavy (non-hydrogen) atoms. The Morgan fingerprint density at radius 2 is 2.14 bits per heavy atom. The van der Waals surface area contributed by atoms with Gasteiger partial charge in [0.2, 0.25) is 0 Å². The summed E-state index contributed by atoms with van der Waals surface area (Å²) in [5.74, 6) is 1.86. The number of nitrogens with zero attached hydrogens (tertiary/aromatic N) is 5.